The number of benzene rings is 2. The molecule has 1 aliphatic rings. The molecule has 5 nitrogen and oxygen atoms in total. The van der Waals surface area contributed by atoms with Crippen LogP contribution in [0.25, 0.3) is 22.6 Å². The summed E-state index contributed by atoms with van der Waals surface area (Å²) in [7, 11) is 1.51. The Hall–Kier alpha value is -3.34. The van der Waals surface area contributed by atoms with Gasteiger partial charge in [-0.05, 0) is 73.2 Å². The summed E-state index contributed by atoms with van der Waals surface area (Å²) in [5.74, 6) is -0.433. The molecule has 0 fully saturated rings. The summed E-state index contributed by atoms with van der Waals surface area (Å²) in [5, 5.41) is 20.6. The molecule has 0 atom stereocenters. The molecule has 0 saturated carbocycles. The molecule has 1 heterocycles. The van der Waals surface area contributed by atoms with Crippen LogP contribution in [0.5, 0.6) is 11.5 Å². The Balaban J connectivity index is 1.92. The molecule has 0 radical (unpaired) electrons. The number of aromatic hydroxyl groups is 1. The lowest BCUT2D eigenvalue weighted by molar-refractivity contribution is 0.0697. The molecule has 5 heteroatoms. The van der Waals surface area contributed by atoms with Gasteiger partial charge in [0.2, 0.25) is 0 Å². The zero-order chi connectivity index (χ0) is 19.8. The van der Waals surface area contributed by atoms with Crippen LogP contribution in [0.2, 0.25) is 0 Å². The summed E-state index contributed by atoms with van der Waals surface area (Å²) >= 11 is 0. The molecule has 0 amide bonds. The smallest absolute Gasteiger partial charge is 0.336 e. The maximum absolute atomic E-state index is 12.1. The summed E-state index contributed by atoms with van der Waals surface area (Å²) in [4.78, 5) is 16.9. The summed E-state index contributed by atoms with van der Waals surface area (Å²) in [5.41, 5.74) is 5.40. The van der Waals surface area contributed by atoms with Crippen molar-refractivity contribution in [2.24, 2.45) is 0 Å². The van der Waals surface area contributed by atoms with Crippen LogP contribution >= 0.6 is 0 Å². The number of carboxylic acid groups (broad SMARTS) is 1. The van der Waals surface area contributed by atoms with Gasteiger partial charge in [0, 0.05) is 5.39 Å². The van der Waals surface area contributed by atoms with Gasteiger partial charge in [-0.15, -0.1) is 0 Å². The summed E-state index contributed by atoms with van der Waals surface area (Å²) in [6, 6.07) is 10.9. The molecule has 0 bridgehead atoms. The topological polar surface area (TPSA) is 79.7 Å². The van der Waals surface area contributed by atoms with E-state index in [-0.39, 0.29) is 5.75 Å². The van der Waals surface area contributed by atoms with Crippen LogP contribution in [-0.4, -0.2) is 28.3 Å². The molecule has 3 aromatic rings. The summed E-state index contributed by atoms with van der Waals surface area (Å²) in [6.07, 6.45) is 4.33. The fraction of sp³-hybridized carbons (Fsp3) is 0.217. The van der Waals surface area contributed by atoms with E-state index in [1.54, 1.807) is 12.1 Å². The second kappa shape index (κ2) is 7.00. The Kier molecular flexibility index (Phi) is 4.51. The number of carbonyl (C=O) groups is 1. The van der Waals surface area contributed by atoms with Crippen molar-refractivity contribution >= 4 is 28.5 Å². The van der Waals surface area contributed by atoms with E-state index in [2.05, 4.69) is 0 Å². The van der Waals surface area contributed by atoms with Gasteiger partial charge in [-0.2, -0.15) is 0 Å². The van der Waals surface area contributed by atoms with Gasteiger partial charge in [0.05, 0.1) is 23.9 Å². The fourth-order valence-corrected chi connectivity index (χ4v) is 3.88. The minimum atomic E-state index is -0.919. The molecule has 28 heavy (non-hydrogen) atoms. The molecule has 2 N–H and O–H groups in total. The van der Waals surface area contributed by atoms with Crippen molar-refractivity contribution in [3.63, 3.8) is 0 Å². The molecule has 0 saturated heterocycles. The predicted molar refractivity (Wildman–Crippen MR) is 109 cm³/mol. The maximum Gasteiger partial charge on any atom is 0.336 e. The highest BCUT2D eigenvalue weighted by molar-refractivity contribution is 6.06. The number of rotatable bonds is 3. The van der Waals surface area contributed by atoms with E-state index in [0.29, 0.717) is 28.6 Å². The number of phenols is 1. The first-order chi connectivity index (χ1) is 13.5. The van der Waals surface area contributed by atoms with Crippen molar-refractivity contribution in [1.29, 1.82) is 0 Å². The lowest BCUT2D eigenvalue weighted by Gasteiger charge is -2.22. The van der Waals surface area contributed by atoms with Crippen molar-refractivity contribution in [2.75, 3.05) is 7.11 Å². The molecule has 1 aliphatic carbocycles. The van der Waals surface area contributed by atoms with Crippen LogP contribution in [0.1, 0.15) is 45.6 Å². The zero-order valence-electron chi connectivity index (χ0n) is 15.8. The van der Waals surface area contributed by atoms with Crippen LogP contribution in [0.15, 0.2) is 36.4 Å². The first-order valence-corrected chi connectivity index (χ1v) is 9.22. The number of hydrogen-bond donors (Lipinski definition) is 2. The van der Waals surface area contributed by atoms with Gasteiger partial charge in [0.15, 0.2) is 11.5 Å². The number of pyridine rings is 1. The highest BCUT2D eigenvalue weighted by Gasteiger charge is 2.25. The van der Waals surface area contributed by atoms with Gasteiger partial charge in [0.25, 0.3) is 0 Å². The summed E-state index contributed by atoms with van der Waals surface area (Å²) in [6.45, 7) is 1.95. The second-order valence-electron chi connectivity index (χ2n) is 7.09. The largest absolute Gasteiger partial charge is 0.504 e. The van der Waals surface area contributed by atoms with Crippen molar-refractivity contribution < 1.29 is 19.7 Å². The number of hydrogen-bond acceptors (Lipinski definition) is 4. The van der Waals surface area contributed by atoms with Gasteiger partial charge >= 0.3 is 5.97 Å². The second-order valence-corrected chi connectivity index (χ2v) is 7.09. The molecule has 142 valence electrons. The Bertz CT molecular complexity index is 1130. The number of ether oxygens (including phenoxy) is 1. The van der Waals surface area contributed by atoms with E-state index in [1.807, 2.05) is 37.3 Å². The van der Waals surface area contributed by atoms with Crippen LogP contribution < -0.4 is 4.74 Å². The third kappa shape index (κ3) is 3.09. The van der Waals surface area contributed by atoms with Crippen molar-refractivity contribution in [3.05, 3.63) is 64.3 Å². The highest BCUT2D eigenvalue weighted by Crippen LogP contribution is 2.37. The standard InChI is InChI=1S/C23H21NO4/c1-13-6-8-18-17(10-13)21(23(26)27)16-5-3-4-15(22(16)24-18)11-14-7-9-20(28-2)19(25)12-14/h6-12,25H,3-5H2,1-2H3,(H,26,27)/b15-11-. The minimum Gasteiger partial charge on any atom is -0.504 e. The quantitative estimate of drug-likeness (QED) is 0.685. The van der Waals surface area contributed by atoms with E-state index < -0.39 is 5.97 Å². The van der Waals surface area contributed by atoms with Gasteiger partial charge in [-0.25, -0.2) is 9.78 Å². The van der Waals surface area contributed by atoms with Gasteiger partial charge < -0.3 is 14.9 Å². The van der Waals surface area contributed by atoms with Crippen LogP contribution in [0.4, 0.5) is 0 Å². The third-order valence-corrected chi connectivity index (χ3v) is 5.18. The first kappa shape index (κ1) is 18.0. The van der Waals surface area contributed by atoms with Crippen molar-refractivity contribution in [3.8, 4) is 11.5 Å². The van der Waals surface area contributed by atoms with Gasteiger partial charge in [0.1, 0.15) is 0 Å². The molecular formula is C23H21NO4. The van der Waals surface area contributed by atoms with Gasteiger partial charge in [-0.1, -0.05) is 17.7 Å². The number of aromatic carboxylic acids is 1. The fourth-order valence-electron chi connectivity index (χ4n) is 3.88. The number of carboxylic acids is 1. The van der Waals surface area contributed by atoms with Crippen molar-refractivity contribution in [2.45, 2.75) is 26.2 Å². The molecular weight excluding hydrogens is 354 g/mol. The number of aryl methyl sites for hydroxylation is 1. The Labute approximate surface area is 162 Å². The average molecular weight is 375 g/mol. The molecule has 1 aromatic heterocycles. The monoisotopic (exact) mass is 375 g/mol. The Morgan fingerprint density at radius 3 is 2.71 bits per heavy atom. The number of aromatic nitrogens is 1. The number of fused-ring (bicyclic) bond motifs is 2. The van der Waals surface area contributed by atoms with Crippen LogP contribution in [0, 0.1) is 6.92 Å². The predicted octanol–water partition coefficient (Wildman–Crippen LogP) is 4.83. The van der Waals surface area contributed by atoms with E-state index in [0.717, 1.165) is 40.8 Å². The van der Waals surface area contributed by atoms with E-state index >= 15 is 0 Å². The Morgan fingerprint density at radius 2 is 2.00 bits per heavy atom. The first-order valence-electron chi connectivity index (χ1n) is 9.22. The normalized spacial score (nSPS) is 14.9. The van der Waals surface area contributed by atoms with Crippen LogP contribution in [0.3, 0.4) is 0 Å². The Morgan fingerprint density at radius 1 is 1.18 bits per heavy atom. The zero-order valence-corrected chi connectivity index (χ0v) is 15.8. The lowest BCUT2D eigenvalue weighted by Crippen LogP contribution is -2.13. The molecule has 2 aromatic carbocycles. The number of nitrogens with zero attached hydrogens (tertiary/aromatic N) is 1. The van der Waals surface area contributed by atoms with E-state index in [9.17, 15) is 15.0 Å². The molecule has 0 spiro atoms. The highest BCUT2D eigenvalue weighted by atomic mass is 16.5. The van der Waals surface area contributed by atoms with E-state index in [1.165, 1.54) is 7.11 Å². The third-order valence-electron chi connectivity index (χ3n) is 5.18. The summed E-state index contributed by atoms with van der Waals surface area (Å²) < 4.78 is 5.10. The van der Waals surface area contributed by atoms with Gasteiger partial charge in [-0.3, -0.25) is 0 Å². The number of methoxy groups -OCH3 is 1. The number of allylic oxidation sites excluding steroid dienone is 1. The maximum atomic E-state index is 12.1. The molecule has 0 unspecified atom stereocenters. The lowest BCUT2D eigenvalue weighted by atomic mass is 9.85. The number of phenolic OH excluding ortho intramolecular Hbond substituents is 1. The SMILES string of the molecule is COc1ccc(/C=C2/CCCc3c2nc2ccc(C)cc2c3C(=O)O)cc1O. The van der Waals surface area contributed by atoms with E-state index in [4.69, 9.17) is 9.72 Å². The van der Waals surface area contributed by atoms with Crippen LogP contribution in [-0.2, 0) is 6.42 Å². The van der Waals surface area contributed by atoms with Crippen molar-refractivity contribution in [1.82, 2.24) is 4.98 Å². The minimum absolute atomic E-state index is 0.0704. The molecule has 0 aliphatic heterocycles. The average Bonchev–Trinajstić information content (AvgIpc) is 2.66. The molecule has 4 rings (SSSR count).